The topological polar surface area (TPSA) is 78.9 Å². The molecule has 0 heterocycles. The van der Waals surface area contributed by atoms with Gasteiger partial charge in [-0.25, -0.2) is 0 Å². The van der Waals surface area contributed by atoms with E-state index in [1.54, 1.807) is 0 Å². The van der Waals surface area contributed by atoms with Crippen LogP contribution in [0.1, 0.15) is 343 Å². The lowest BCUT2D eigenvalue weighted by molar-refractivity contribution is -0.167. The third-order valence-electron chi connectivity index (χ3n) is 14.1. The summed E-state index contributed by atoms with van der Waals surface area (Å²) in [6.45, 7) is 13.8. The van der Waals surface area contributed by atoms with Crippen LogP contribution in [0, 0.1) is 17.8 Å². The average Bonchev–Trinajstić information content (AvgIpc) is 3.30. The molecule has 0 aliphatic heterocycles. The van der Waals surface area contributed by atoms with E-state index >= 15 is 0 Å². The Morgan fingerprint density at radius 1 is 0.250 bits per heavy atom. The van der Waals surface area contributed by atoms with Gasteiger partial charge >= 0.3 is 17.9 Å². The van der Waals surface area contributed by atoms with Crippen LogP contribution in [0.4, 0.5) is 0 Å². The van der Waals surface area contributed by atoms with Gasteiger partial charge in [0, 0.05) is 19.3 Å². The Kier molecular flexibility index (Phi) is 52.0. The predicted molar refractivity (Wildman–Crippen MR) is 293 cm³/mol. The van der Waals surface area contributed by atoms with Gasteiger partial charge in [0.15, 0.2) is 6.10 Å². The van der Waals surface area contributed by atoms with Crippen LogP contribution in [0.5, 0.6) is 0 Å². The van der Waals surface area contributed by atoms with Crippen LogP contribution < -0.4 is 0 Å². The minimum atomic E-state index is -0.764. The van der Waals surface area contributed by atoms with E-state index in [9.17, 15) is 14.4 Å². The van der Waals surface area contributed by atoms with Crippen molar-refractivity contribution in [3.8, 4) is 0 Å². The van der Waals surface area contributed by atoms with Crippen molar-refractivity contribution in [2.45, 2.75) is 349 Å². The van der Waals surface area contributed by atoms with Gasteiger partial charge in [-0.05, 0) is 37.0 Å². The summed E-state index contributed by atoms with van der Waals surface area (Å²) in [6, 6.07) is 0. The smallest absolute Gasteiger partial charge is 0.306 e. The summed E-state index contributed by atoms with van der Waals surface area (Å²) < 4.78 is 16.9. The number of esters is 3. The third kappa shape index (κ3) is 55.3. The highest BCUT2D eigenvalue weighted by Gasteiger charge is 2.19. The second-order valence-corrected chi connectivity index (χ2v) is 22.8. The Labute approximate surface area is 425 Å². The highest BCUT2D eigenvalue weighted by molar-refractivity contribution is 5.71. The van der Waals surface area contributed by atoms with E-state index in [-0.39, 0.29) is 31.1 Å². The summed E-state index contributed by atoms with van der Waals surface area (Å²) in [5, 5.41) is 0. The summed E-state index contributed by atoms with van der Waals surface area (Å²) in [4.78, 5) is 38.2. The molecule has 0 amide bonds. The number of hydrogen-bond donors (Lipinski definition) is 0. The van der Waals surface area contributed by atoms with Crippen molar-refractivity contribution in [3.05, 3.63) is 0 Å². The first kappa shape index (κ1) is 66.4. The average molecular weight is 962 g/mol. The van der Waals surface area contributed by atoms with E-state index in [1.165, 1.54) is 225 Å². The van der Waals surface area contributed by atoms with E-state index < -0.39 is 6.10 Å². The molecule has 404 valence electrons. The number of carbonyl (C=O) groups is 3. The molecule has 0 aliphatic rings. The molecule has 0 N–H and O–H groups in total. The summed E-state index contributed by atoms with van der Waals surface area (Å²) in [7, 11) is 0. The lowest BCUT2D eigenvalue weighted by Gasteiger charge is -2.18. The van der Waals surface area contributed by atoms with Crippen LogP contribution in [-0.4, -0.2) is 37.2 Å². The largest absolute Gasteiger partial charge is 0.462 e. The SMILES string of the molecule is CC(C)CCCCCCCCCCCCCCCCCCCCC(=O)OC[C@H](COC(=O)CCCCCCCCCCCCCC(C)C)OC(=O)CCCCCCCCCCCCCCC(C)C. The number of unbranched alkanes of at least 4 members (excludes halogenated alkanes) is 38. The highest BCUT2D eigenvalue weighted by Crippen LogP contribution is 2.19. The highest BCUT2D eigenvalue weighted by atomic mass is 16.6. The number of ether oxygens (including phenoxy) is 3. The zero-order valence-corrected chi connectivity index (χ0v) is 46.9. The molecule has 0 saturated heterocycles. The second-order valence-electron chi connectivity index (χ2n) is 22.8. The second kappa shape index (κ2) is 53.2. The number of rotatable bonds is 55. The molecule has 0 radical (unpaired) electrons. The van der Waals surface area contributed by atoms with E-state index in [4.69, 9.17) is 14.2 Å². The van der Waals surface area contributed by atoms with Crippen LogP contribution in [0.25, 0.3) is 0 Å². The summed E-state index contributed by atoms with van der Waals surface area (Å²) >= 11 is 0. The molecular weight excluding hydrogens is 841 g/mol. The molecule has 0 bridgehead atoms. The van der Waals surface area contributed by atoms with Crippen molar-refractivity contribution in [3.63, 3.8) is 0 Å². The van der Waals surface area contributed by atoms with Crippen LogP contribution in [0.2, 0.25) is 0 Å². The maximum atomic E-state index is 12.9. The summed E-state index contributed by atoms with van der Waals surface area (Å²) in [5.74, 6) is 1.68. The molecule has 0 fully saturated rings. The third-order valence-corrected chi connectivity index (χ3v) is 14.1. The van der Waals surface area contributed by atoms with Gasteiger partial charge in [-0.15, -0.1) is 0 Å². The first-order chi connectivity index (χ1) is 33.1. The van der Waals surface area contributed by atoms with Gasteiger partial charge in [0.1, 0.15) is 13.2 Å². The number of carbonyl (C=O) groups excluding carboxylic acids is 3. The molecule has 6 heteroatoms. The van der Waals surface area contributed by atoms with Crippen molar-refractivity contribution in [2.75, 3.05) is 13.2 Å². The molecule has 0 rings (SSSR count). The number of hydrogen-bond acceptors (Lipinski definition) is 6. The van der Waals surface area contributed by atoms with Gasteiger partial charge in [-0.3, -0.25) is 14.4 Å². The standard InChI is InChI=1S/C62H120O6/c1-56(2)48-42-36-30-24-18-13-11-9-7-8-10-12-14-21-27-33-39-45-51-60(63)66-54-59(55-67-61(64)52-46-40-34-28-23-17-20-26-32-38-44-50-58(5)6)68-62(65)53-47-41-35-29-22-16-15-19-25-31-37-43-49-57(3)4/h56-59H,7-55H2,1-6H3/t59-/m1/s1. The van der Waals surface area contributed by atoms with E-state index in [1.807, 2.05) is 0 Å². The van der Waals surface area contributed by atoms with Crippen LogP contribution >= 0.6 is 0 Å². The first-order valence-electron chi connectivity index (χ1n) is 30.6. The van der Waals surface area contributed by atoms with Crippen molar-refractivity contribution < 1.29 is 28.6 Å². The molecule has 1 atom stereocenters. The maximum Gasteiger partial charge on any atom is 0.306 e. The van der Waals surface area contributed by atoms with Crippen LogP contribution in [0.3, 0.4) is 0 Å². The Hall–Kier alpha value is -1.59. The minimum Gasteiger partial charge on any atom is -0.462 e. The molecule has 0 saturated carbocycles. The fourth-order valence-electron chi connectivity index (χ4n) is 9.53. The molecule has 68 heavy (non-hydrogen) atoms. The molecule has 0 unspecified atom stereocenters. The predicted octanol–water partition coefficient (Wildman–Crippen LogP) is 20.3. The molecule has 0 spiro atoms. The maximum absolute atomic E-state index is 12.9. The van der Waals surface area contributed by atoms with Crippen molar-refractivity contribution in [1.29, 1.82) is 0 Å². The lowest BCUT2D eigenvalue weighted by Crippen LogP contribution is -2.30. The van der Waals surface area contributed by atoms with E-state index in [2.05, 4.69) is 41.5 Å². The van der Waals surface area contributed by atoms with E-state index in [0.29, 0.717) is 19.3 Å². The monoisotopic (exact) mass is 961 g/mol. The van der Waals surface area contributed by atoms with Crippen molar-refractivity contribution >= 4 is 17.9 Å². The summed E-state index contributed by atoms with van der Waals surface area (Å²) in [5.41, 5.74) is 0. The van der Waals surface area contributed by atoms with Gasteiger partial charge in [-0.2, -0.15) is 0 Å². The molecular formula is C62H120O6. The van der Waals surface area contributed by atoms with Crippen LogP contribution in [0.15, 0.2) is 0 Å². The fraction of sp³-hybridized carbons (Fsp3) is 0.952. The van der Waals surface area contributed by atoms with Gasteiger partial charge in [0.25, 0.3) is 0 Å². The Bertz CT molecular complexity index is 1050. The zero-order valence-electron chi connectivity index (χ0n) is 46.9. The first-order valence-corrected chi connectivity index (χ1v) is 30.6. The normalized spacial score (nSPS) is 12.1. The van der Waals surface area contributed by atoms with Gasteiger partial charge in [0.05, 0.1) is 0 Å². The molecule has 0 aromatic carbocycles. The lowest BCUT2D eigenvalue weighted by atomic mass is 10.0. The van der Waals surface area contributed by atoms with Crippen LogP contribution in [-0.2, 0) is 28.6 Å². The Morgan fingerprint density at radius 3 is 0.632 bits per heavy atom. The molecule has 0 aromatic rings. The molecule has 6 nitrogen and oxygen atoms in total. The fourth-order valence-corrected chi connectivity index (χ4v) is 9.53. The molecule has 0 aromatic heterocycles. The quantitative estimate of drug-likeness (QED) is 0.0343. The van der Waals surface area contributed by atoms with Gasteiger partial charge in [-0.1, -0.05) is 305 Å². The van der Waals surface area contributed by atoms with Gasteiger partial charge < -0.3 is 14.2 Å². The summed E-state index contributed by atoms with van der Waals surface area (Å²) in [6.07, 6.45) is 56.7. The Balaban J connectivity index is 4.26. The van der Waals surface area contributed by atoms with Gasteiger partial charge in [0.2, 0.25) is 0 Å². The van der Waals surface area contributed by atoms with Crippen molar-refractivity contribution in [1.82, 2.24) is 0 Å². The minimum absolute atomic E-state index is 0.0631. The molecule has 0 aliphatic carbocycles. The van der Waals surface area contributed by atoms with Crippen molar-refractivity contribution in [2.24, 2.45) is 17.8 Å². The zero-order chi connectivity index (χ0) is 49.8. The van der Waals surface area contributed by atoms with E-state index in [0.717, 1.165) is 75.5 Å². The Morgan fingerprint density at radius 2 is 0.426 bits per heavy atom.